The van der Waals surface area contributed by atoms with Crippen LogP contribution in [0, 0.1) is 0 Å². The molecule has 0 bridgehead atoms. The molecule has 2 heterocycles. The Kier molecular flexibility index (Phi) is 3.04. The predicted octanol–water partition coefficient (Wildman–Crippen LogP) is 0.0921. The Labute approximate surface area is 129 Å². The van der Waals surface area contributed by atoms with E-state index in [9.17, 15) is 34.5 Å². The maximum absolute atomic E-state index is 12.0. The second-order valence-corrected chi connectivity index (χ2v) is 4.68. The Morgan fingerprint density at radius 1 is 1.00 bits per heavy atom. The number of rotatable bonds is 2. The zero-order chi connectivity index (χ0) is 17.8. The fourth-order valence-corrected chi connectivity index (χ4v) is 2.26. The summed E-state index contributed by atoms with van der Waals surface area (Å²) in [5.41, 5.74) is -4.74. The summed E-state index contributed by atoms with van der Waals surface area (Å²) >= 11 is 0. The van der Waals surface area contributed by atoms with Crippen LogP contribution in [-0.4, -0.2) is 26.4 Å². The number of phenols is 1. The molecule has 0 unspecified atom stereocenters. The van der Waals surface area contributed by atoms with Crippen LogP contribution < -0.4 is 16.7 Å². The van der Waals surface area contributed by atoms with Crippen LogP contribution in [0.25, 0.3) is 27.8 Å². The van der Waals surface area contributed by atoms with Gasteiger partial charge in [0, 0.05) is 12.1 Å². The van der Waals surface area contributed by atoms with Crippen molar-refractivity contribution < 1.29 is 34.1 Å². The van der Waals surface area contributed by atoms with Crippen LogP contribution in [0.1, 0.15) is 5.56 Å². The lowest BCUT2D eigenvalue weighted by Gasteiger charge is -2.08. The van der Waals surface area contributed by atoms with Gasteiger partial charge in [-0.25, -0.2) is 14.4 Å². The second-order valence-electron chi connectivity index (χ2n) is 4.68. The average molecular weight is 334 g/mol. The molecule has 10 heteroatoms. The lowest BCUT2D eigenvalue weighted by atomic mass is 10.0. The minimum Gasteiger partial charge on any atom is -0.502 e. The van der Waals surface area contributed by atoms with Crippen molar-refractivity contribution in [2.75, 3.05) is 0 Å². The largest absolute Gasteiger partial charge is 0.502 e. The van der Waals surface area contributed by atoms with E-state index in [4.69, 9.17) is 9.52 Å². The van der Waals surface area contributed by atoms with E-state index in [-0.39, 0.29) is 5.39 Å². The van der Waals surface area contributed by atoms with Gasteiger partial charge in [0.25, 0.3) is 5.95 Å². The topological polar surface area (TPSA) is 175 Å². The first kappa shape index (κ1) is 15.1. The Balaban J connectivity index is 2.69. The third-order valence-electron chi connectivity index (χ3n) is 3.28. The number of phenolic OH excluding ortho intramolecular Hbond substituents is 1. The molecule has 1 aromatic carbocycles. The molecule has 0 aliphatic rings. The van der Waals surface area contributed by atoms with Gasteiger partial charge in [-0.05, 0) is 0 Å². The highest BCUT2D eigenvalue weighted by Gasteiger charge is 2.24. The maximum atomic E-state index is 12.0. The van der Waals surface area contributed by atoms with Gasteiger partial charge < -0.3 is 29.3 Å². The highest BCUT2D eigenvalue weighted by Crippen LogP contribution is 2.35. The number of hydrogen-bond donors (Lipinski definition) is 4. The number of aliphatic hydroxyl groups is 1. The third-order valence-corrected chi connectivity index (χ3v) is 3.28. The second kappa shape index (κ2) is 4.84. The van der Waals surface area contributed by atoms with Crippen molar-refractivity contribution in [3.8, 4) is 11.7 Å². The number of benzene rings is 1. The number of aromatic hydroxyl groups is 2. The van der Waals surface area contributed by atoms with E-state index in [0.29, 0.717) is 12.1 Å². The minimum atomic E-state index is -1.76. The first-order chi connectivity index (χ1) is 11.2. The summed E-state index contributed by atoms with van der Waals surface area (Å²) in [6, 6.07) is 0.701. The van der Waals surface area contributed by atoms with Crippen molar-refractivity contribution in [1.29, 1.82) is 0 Å². The molecule has 0 atom stereocenters. The summed E-state index contributed by atoms with van der Waals surface area (Å²) in [6.45, 7) is 0. The molecule has 10 nitrogen and oxygen atoms in total. The van der Waals surface area contributed by atoms with Crippen molar-refractivity contribution in [3.63, 3.8) is 0 Å². The first-order valence-corrected chi connectivity index (χ1v) is 6.18. The molecule has 0 aliphatic heterocycles. The molecule has 2 aromatic heterocycles. The van der Waals surface area contributed by atoms with Crippen LogP contribution in [0.3, 0.4) is 0 Å². The number of aliphatic carboxylic acids is 1. The van der Waals surface area contributed by atoms with E-state index in [1.165, 1.54) is 0 Å². The van der Waals surface area contributed by atoms with E-state index in [0.717, 1.165) is 0 Å². The average Bonchev–Trinajstić information content (AvgIpc) is 2.50. The quantitative estimate of drug-likeness (QED) is 0.371. The van der Waals surface area contributed by atoms with Crippen LogP contribution in [0.2, 0.25) is 0 Å². The van der Waals surface area contributed by atoms with E-state index < -0.39 is 62.0 Å². The summed E-state index contributed by atoms with van der Waals surface area (Å²) < 4.78 is 9.26. The Hall–Kier alpha value is -3.82. The number of hydrogen-bond acceptors (Lipinski definition) is 9. The van der Waals surface area contributed by atoms with Crippen LogP contribution in [-0.2, 0) is 4.79 Å². The molecule has 3 aromatic rings. The van der Waals surface area contributed by atoms with Crippen molar-refractivity contribution in [2.45, 2.75) is 0 Å². The molecule has 0 fully saturated rings. The van der Waals surface area contributed by atoms with Crippen LogP contribution in [0.4, 0.5) is 0 Å². The van der Waals surface area contributed by atoms with Gasteiger partial charge in [0.15, 0.2) is 5.58 Å². The molecule has 0 spiro atoms. The normalized spacial score (nSPS) is 12.1. The van der Waals surface area contributed by atoms with Crippen LogP contribution >= 0.6 is 0 Å². The summed E-state index contributed by atoms with van der Waals surface area (Å²) in [5, 5.41) is 36.3. The number of carboxylic acids is 1. The number of aliphatic hydroxyl groups excluding tert-OH is 1. The van der Waals surface area contributed by atoms with Gasteiger partial charge in [-0.3, -0.25) is 4.79 Å². The van der Waals surface area contributed by atoms with Crippen LogP contribution in [0.15, 0.2) is 35.0 Å². The standard InChI is InChI=1S/C14H6O10/c15-5-1-3-7-8(14(22)24-13(3)21)4(2-6(16)11(18)19)12(20)23-10(7)9(5)17/h1-2,16-17,20H,(H,18,19)/b6-2-. The van der Waals surface area contributed by atoms with Gasteiger partial charge in [0.2, 0.25) is 16.9 Å². The molecule has 0 amide bonds. The Bertz CT molecular complexity index is 1210. The SMILES string of the molecule is O=C(O)/C(O)=C/c1c(O)oc2c(O)c(=O)cc3c(=O)oc(=O)c1c23. The molecule has 122 valence electrons. The fourth-order valence-electron chi connectivity index (χ4n) is 2.26. The molecule has 0 radical (unpaired) electrons. The van der Waals surface area contributed by atoms with Gasteiger partial charge in [0.1, 0.15) is 0 Å². The monoisotopic (exact) mass is 334 g/mol. The van der Waals surface area contributed by atoms with Gasteiger partial charge in [-0.2, -0.15) is 0 Å². The van der Waals surface area contributed by atoms with Crippen molar-refractivity contribution in [3.05, 3.63) is 48.5 Å². The van der Waals surface area contributed by atoms with E-state index in [1.54, 1.807) is 0 Å². The first-order valence-electron chi connectivity index (χ1n) is 6.18. The lowest BCUT2D eigenvalue weighted by Crippen LogP contribution is -2.16. The van der Waals surface area contributed by atoms with Crippen molar-refractivity contribution in [2.24, 2.45) is 0 Å². The van der Waals surface area contributed by atoms with Gasteiger partial charge in [-0.15, -0.1) is 0 Å². The van der Waals surface area contributed by atoms with Crippen LogP contribution in [0.5, 0.6) is 11.7 Å². The zero-order valence-corrected chi connectivity index (χ0v) is 11.4. The van der Waals surface area contributed by atoms with E-state index in [2.05, 4.69) is 4.42 Å². The van der Waals surface area contributed by atoms with E-state index >= 15 is 0 Å². The molecule has 0 aliphatic carbocycles. The highest BCUT2D eigenvalue weighted by atomic mass is 16.5. The molecule has 0 saturated carbocycles. The highest BCUT2D eigenvalue weighted by molar-refractivity contribution is 6.12. The molecule has 3 rings (SSSR count). The predicted molar refractivity (Wildman–Crippen MR) is 77.6 cm³/mol. The van der Waals surface area contributed by atoms with Crippen molar-refractivity contribution >= 4 is 33.8 Å². The summed E-state index contributed by atoms with van der Waals surface area (Å²) in [5.74, 6) is -5.05. The molecular formula is C14H6O10. The maximum Gasteiger partial charge on any atom is 0.370 e. The summed E-state index contributed by atoms with van der Waals surface area (Å²) in [4.78, 5) is 46.1. The van der Waals surface area contributed by atoms with Gasteiger partial charge in [0.05, 0.1) is 21.7 Å². The Morgan fingerprint density at radius 2 is 1.67 bits per heavy atom. The smallest absolute Gasteiger partial charge is 0.370 e. The van der Waals surface area contributed by atoms with E-state index in [1.807, 2.05) is 0 Å². The van der Waals surface area contributed by atoms with Gasteiger partial charge >= 0.3 is 17.2 Å². The molecule has 0 saturated heterocycles. The zero-order valence-electron chi connectivity index (χ0n) is 11.4. The lowest BCUT2D eigenvalue weighted by molar-refractivity contribution is -0.135. The molecule has 24 heavy (non-hydrogen) atoms. The van der Waals surface area contributed by atoms with Gasteiger partial charge in [-0.1, -0.05) is 0 Å². The number of carboxylic acid groups (broad SMARTS) is 1. The molecular weight excluding hydrogens is 328 g/mol. The summed E-state index contributed by atoms with van der Waals surface area (Å²) in [7, 11) is 0. The minimum absolute atomic E-state index is 0.351. The molecule has 4 N–H and O–H groups in total. The number of carbonyl (C=O) groups is 1. The third kappa shape index (κ3) is 1.97. The van der Waals surface area contributed by atoms with Crippen molar-refractivity contribution in [1.82, 2.24) is 0 Å². The Morgan fingerprint density at radius 3 is 2.29 bits per heavy atom. The fraction of sp³-hybridized carbons (Fsp3) is 0. The summed E-state index contributed by atoms with van der Waals surface area (Å²) in [6.07, 6.45) is 0.499.